The maximum absolute atomic E-state index is 12.9. The summed E-state index contributed by atoms with van der Waals surface area (Å²) in [4.78, 5) is 25.1. The van der Waals surface area contributed by atoms with E-state index in [1.54, 1.807) is 36.4 Å². The highest BCUT2D eigenvalue weighted by Gasteiger charge is 2.28. The topological polar surface area (TPSA) is 95.6 Å². The van der Waals surface area contributed by atoms with Crippen LogP contribution in [0, 0.1) is 11.3 Å². The Morgan fingerprint density at radius 3 is 2.31 bits per heavy atom. The van der Waals surface area contributed by atoms with Gasteiger partial charge in [0, 0.05) is 35.4 Å². The third-order valence-electron chi connectivity index (χ3n) is 5.43. The second-order valence-electron chi connectivity index (χ2n) is 9.37. The molecule has 1 aliphatic heterocycles. The lowest BCUT2D eigenvalue weighted by molar-refractivity contribution is -0.123. The molecule has 1 saturated heterocycles. The van der Waals surface area contributed by atoms with Crippen molar-refractivity contribution in [1.29, 1.82) is 0 Å². The Morgan fingerprint density at radius 1 is 1.00 bits per heavy atom. The van der Waals surface area contributed by atoms with Crippen LogP contribution in [0.15, 0.2) is 53.4 Å². The summed E-state index contributed by atoms with van der Waals surface area (Å²) in [5, 5.41) is 5.58. The zero-order valence-electron chi connectivity index (χ0n) is 19.0. The first-order chi connectivity index (χ1) is 15.0. The largest absolute Gasteiger partial charge is 0.326 e. The van der Waals surface area contributed by atoms with Crippen molar-refractivity contribution in [3.8, 4) is 0 Å². The molecule has 1 heterocycles. The normalized spacial score (nSPS) is 17.6. The van der Waals surface area contributed by atoms with Crippen LogP contribution in [-0.2, 0) is 14.8 Å². The first kappa shape index (κ1) is 23.9. The Balaban J connectivity index is 1.69. The van der Waals surface area contributed by atoms with Gasteiger partial charge in [0.25, 0.3) is 5.91 Å². The molecule has 1 fully saturated rings. The minimum absolute atomic E-state index is 0.144. The fourth-order valence-electron chi connectivity index (χ4n) is 3.48. The van der Waals surface area contributed by atoms with E-state index in [0.717, 1.165) is 12.8 Å². The van der Waals surface area contributed by atoms with E-state index in [1.807, 2.05) is 20.8 Å². The number of nitrogens with one attached hydrogen (secondary N) is 2. The Bertz CT molecular complexity index is 1090. The van der Waals surface area contributed by atoms with Crippen LogP contribution in [0.1, 0.15) is 50.9 Å². The van der Waals surface area contributed by atoms with E-state index in [1.165, 1.54) is 16.4 Å². The molecule has 0 bridgehead atoms. The van der Waals surface area contributed by atoms with E-state index < -0.39 is 15.4 Å². The van der Waals surface area contributed by atoms with Gasteiger partial charge in [-0.2, -0.15) is 4.31 Å². The average Bonchev–Trinajstić information content (AvgIpc) is 2.73. The molecular formula is C24H31N3O4S. The molecule has 0 aliphatic carbocycles. The lowest BCUT2D eigenvalue weighted by Gasteiger charge is -2.30. The third kappa shape index (κ3) is 5.75. The lowest BCUT2D eigenvalue weighted by atomic mass is 9.95. The summed E-state index contributed by atoms with van der Waals surface area (Å²) in [6.07, 6.45) is 1.90. The summed E-state index contributed by atoms with van der Waals surface area (Å²) in [6.45, 7) is 8.57. The summed E-state index contributed by atoms with van der Waals surface area (Å²) < 4.78 is 27.3. The predicted octanol–water partition coefficient (Wildman–Crippen LogP) is 4.34. The van der Waals surface area contributed by atoms with E-state index in [-0.39, 0.29) is 16.7 Å². The molecule has 2 amide bonds. The van der Waals surface area contributed by atoms with Gasteiger partial charge in [0.2, 0.25) is 15.9 Å². The van der Waals surface area contributed by atoms with Gasteiger partial charge in [-0.1, -0.05) is 33.8 Å². The molecular weight excluding hydrogens is 426 g/mol. The molecule has 1 aliphatic rings. The van der Waals surface area contributed by atoms with Gasteiger partial charge in [-0.15, -0.1) is 0 Å². The van der Waals surface area contributed by atoms with Gasteiger partial charge in [-0.05, 0) is 61.2 Å². The first-order valence-electron chi connectivity index (χ1n) is 10.8. The summed E-state index contributed by atoms with van der Waals surface area (Å²) in [6, 6.07) is 12.9. The summed E-state index contributed by atoms with van der Waals surface area (Å²) in [5.74, 6) is -0.145. The van der Waals surface area contributed by atoms with Crippen LogP contribution in [-0.4, -0.2) is 37.6 Å². The van der Waals surface area contributed by atoms with Crippen molar-refractivity contribution in [3.63, 3.8) is 0 Å². The van der Waals surface area contributed by atoms with Crippen molar-refractivity contribution in [3.05, 3.63) is 54.1 Å². The van der Waals surface area contributed by atoms with Gasteiger partial charge in [-0.25, -0.2) is 8.42 Å². The fraction of sp³-hybridized carbons (Fsp3) is 0.417. The number of carbonyl (C=O) groups is 2. The molecule has 0 radical (unpaired) electrons. The maximum atomic E-state index is 12.9. The van der Waals surface area contributed by atoms with Crippen LogP contribution >= 0.6 is 0 Å². The van der Waals surface area contributed by atoms with Crippen molar-refractivity contribution in [2.75, 3.05) is 23.7 Å². The quantitative estimate of drug-likeness (QED) is 0.698. The molecule has 0 saturated carbocycles. The molecule has 8 heteroatoms. The number of hydrogen-bond acceptors (Lipinski definition) is 4. The van der Waals surface area contributed by atoms with Gasteiger partial charge in [0.05, 0.1) is 4.90 Å². The van der Waals surface area contributed by atoms with Crippen molar-refractivity contribution in [2.45, 2.75) is 45.4 Å². The number of amides is 2. The summed E-state index contributed by atoms with van der Waals surface area (Å²) in [5.41, 5.74) is 0.864. The SMILES string of the molecule is CC1CCCN(S(=O)(=O)c2ccc(NC(=O)c3cccc(NC(=O)C(C)(C)C)c3)cc2)C1. The molecule has 0 aromatic heterocycles. The van der Waals surface area contributed by atoms with Gasteiger partial charge in [0.15, 0.2) is 0 Å². The van der Waals surface area contributed by atoms with Gasteiger partial charge in [-0.3, -0.25) is 9.59 Å². The number of sulfonamides is 1. The van der Waals surface area contributed by atoms with E-state index in [9.17, 15) is 18.0 Å². The maximum Gasteiger partial charge on any atom is 0.255 e. The van der Waals surface area contributed by atoms with Crippen molar-refractivity contribution in [1.82, 2.24) is 4.31 Å². The molecule has 172 valence electrons. The molecule has 2 aromatic carbocycles. The average molecular weight is 458 g/mol. The van der Waals surface area contributed by atoms with Gasteiger partial charge >= 0.3 is 0 Å². The zero-order valence-corrected chi connectivity index (χ0v) is 19.8. The summed E-state index contributed by atoms with van der Waals surface area (Å²) >= 11 is 0. The number of nitrogens with zero attached hydrogens (tertiary/aromatic N) is 1. The monoisotopic (exact) mass is 457 g/mol. The van der Waals surface area contributed by atoms with Crippen molar-refractivity contribution < 1.29 is 18.0 Å². The zero-order chi connectivity index (χ0) is 23.5. The highest BCUT2D eigenvalue weighted by atomic mass is 32.2. The van der Waals surface area contributed by atoms with Crippen LogP contribution in [0.2, 0.25) is 0 Å². The number of anilines is 2. The molecule has 1 unspecified atom stereocenters. The Morgan fingerprint density at radius 2 is 1.69 bits per heavy atom. The molecule has 0 spiro atoms. The second kappa shape index (κ2) is 9.42. The minimum atomic E-state index is -3.54. The third-order valence-corrected chi connectivity index (χ3v) is 7.31. The first-order valence-corrected chi connectivity index (χ1v) is 12.2. The standard InChI is InChI=1S/C24H31N3O4S/c1-17-7-6-14-27(16-17)32(30,31)21-12-10-19(11-13-21)25-22(28)18-8-5-9-20(15-18)26-23(29)24(2,3)4/h5,8-13,15,17H,6-7,14,16H2,1-4H3,(H,25,28)(H,26,29). The Kier molecular flexibility index (Phi) is 7.05. The minimum Gasteiger partial charge on any atom is -0.326 e. The molecule has 32 heavy (non-hydrogen) atoms. The molecule has 3 rings (SSSR count). The Hall–Kier alpha value is -2.71. The van der Waals surface area contributed by atoms with E-state index in [4.69, 9.17) is 0 Å². The van der Waals surface area contributed by atoms with Crippen LogP contribution in [0.25, 0.3) is 0 Å². The number of carbonyl (C=O) groups excluding carboxylic acids is 2. The lowest BCUT2D eigenvalue weighted by Crippen LogP contribution is -2.39. The fourth-order valence-corrected chi connectivity index (χ4v) is 5.08. The van der Waals surface area contributed by atoms with Crippen LogP contribution in [0.5, 0.6) is 0 Å². The van der Waals surface area contributed by atoms with Gasteiger partial charge < -0.3 is 10.6 Å². The molecule has 2 aromatic rings. The predicted molar refractivity (Wildman–Crippen MR) is 126 cm³/mol. The Labute approximate surface area is 190 Å². The highest BCUT2D eigenvalue weighted by Crippen LogP contribution is 2.25. The number of hydrogen-bond donors (Lipinski definition) is 2. The summed E-state index contributed by atoms with van der Waals surface area (Å²) in [7, 11) is -3.54. The number of benzene rings is 2. The van der Waals surface area contributed by atoms with Crippen molar-refractivity contribution >= 4 is 33.2 Å². The van der Waals surface area contributed by atoms with Crippen LogP contribution in [0.4, 0.5) is 11.4 Å². The van der Waals surface area contributed by atoms with Crippen LogP contribution in [0.3, 0.4) is 0 Å². The second-order valence-corrected chi connectivity index (χ2v) is 11.3. The van der Waals surface area contributed by atoms with Crippen molar-refractivity contribution in [2.24, 2.45) is 11.3 Å². The molecule has 7 nitrogen and oxygen atoms in total. The molecule has 1 atom stereocenters. The van der Waals surface area contributed by atoms with E-state index >= 15 is 0 Å². The smallest absolute Gasteiger partial charge is 0.255 e. The van der Waals surface area contributed by atoms with E-state index in [2.05, 4.69) is 17.6 Å². The van der Waals surface area contributed by atoms with Gasteiger partial charge in [0.1, 0.15) is 0 Å². The molecule has 2 N–H and O–H groups in total. The number of rotatable bonds is 5. The van der Waals surface area contributed by atoms with Crippen LogP contribution < -0.4 is 10.6 Å². The number of piperidine rings is 1. The van der Waals surface area contributed by atoms with E-state index in [0.29, 0.717) is 35.9 Å². The highest BCUT2D eigenvalue weighted by molar-refractivity contribution is 7.89.